The van der Waals surface area contributed by atoms with E-state index >= 15 is 0 Å². The van der Waals surface area contributed by atoms with Crippen molar-refractivity contribution in [2.24, 2.45) is 0 Å². The Morgan fingerprint density at radius 2 is 2.06 bits per heavy atom. The summed E-state index contributed by atoms with van der Waals surface area (Å²) in [5, 5.41) is 2.67. The number of benzene rings is 1. The van der Waals surface area contributed by atoms with Crippen molar-refractivity contribution in [3.05, 3.63) is 24.3 Å². The first kappa shape index (κ1) is 13.6. The maximum atomic E-state index is 11.5. The summed E-state index contributed by atoms with van der Waals surface area (Å²) in [7, 11) is 3.58. The van der Waals surface area contributed by atoms with Crippen molar-refractivity contribution in [1.82, 2.24) is 4.90 Å². The molecule has 0 radical (unpaired) electrons. The smallest absolute Gasteiger partial charge is 0.238 e. The minimum Gasteiger partial charge on any atom is -0.755 e. The van der Waals surface area contributed by atoms with E-state index in [2.05, 4.69) is 10.0 Å². The Labute approximate surface area is 102 Å². The Morgan fingerprint density at radius 1 is 1.41 bits per heavy atom. The van der Waals surface area contributed by atoms with E-state index in [1.54, 1.807) is 43.3 Å². The Kier molecular flexibility index (Phi) is 5.08. The predicted octanol–water partition coefficient (Wildman–Crippen LogP) is 0.393. The first-order chi connectivity index (χ1) is 7.97. The number of carbonyl (C=O) groups is 1. The van der Waals surface area contributed by atoms with Crippen LogP contribution in [0.1, 0.15) is 0 Å². The van der Waals surface area contributed by atoms with Gasteiger partial charge in [0.1, 0.15) is 0 Å². The van der Waals surface area contributed by atoms with Gasteiger partial charge in [-0.1, -0.05) is 6.07 Å². The van der Waals surface area contributed by atoms with Crippen LogP contribution in [0.25, 0.3) is 0 Å². The van der Waals surface area contributed by atoms with Crippen LogP contribution in [-0.4, -0.2) is 40.2 Å². The van der Waals surface area contributed by atoms with Crippen LogP contribution in [0.15, 0.2) is 24.3 Å². The fourth-order valence-corrected chi connectivity index (χ4v) is 1.56. The summed E-state index contributed by atoms with van der Waals surface area (Å²) in [6, 6.07) is 6.48. The second-order valence-electron chi connectivity index (χ2n) is 3.70. The molecule has 0 aromatic heterocycles. The molecule has 1 unspecified atom stereocenters. The van der Waals surface area contributed by atoms with Crippen LogP contribution in [0.3, 0.4) is 0 Å². The van der Waals surface area contributed by atoms with Gasteiger partial charge in [0, 0.05) is 22.6 Å². The predicted molar refractivity (Wildman–Crippen MR) is 66.2 cm³/mol. The summed E-state index contributed by atoms with van der Waals surface area (Å²) >= 11 is -2.37. The number of rotatable bonds is 5. The van der Waals surface area contributed by atoms with Gasteiger partial charge >= 0.3 is 0 Å². The van der Waals surface area contributed by atoms with E-state index in [1.165, 1.54) is 0 Å². The number of hydrogen-bond donors (Lipinski definition) is 2. The number of nitrogens with one attached hydrogen (secondary N) is 2. The number of amides is 1. The molecule has 1 atom stereocenters. The number of carbonyl (C=O) groups excluding carboxylic acids is 1. The maximum Gasteiger partial charge on any atom is 0.238 e. The Morgan fingerprint density at radius 3 is 2.65 bits per heavy atom. The fraction of sp³-hybridized carbons (Fsp3) is 0.300. The third-order valence-electron chi connectivity index (χ3n) is 1.81. The molecular formula is C10H14N3O3S-. The molecule has 0 saturated carbocycles. The molecule has 1 aromatic carbocycles. The van der Waals surface area contributed by atoms with Gasteiger partial charge in [-0.25, -0.2) is 0 Å². The molecule has 0 heterocycles. The molecule has 0 bridgehead atoms. The van der Waals surface area contributed by atoms with Crippen molar-refractivity contribution in [2.45, 2.75) is 0 Å². The second-order valence-corrected chi connectivity index (χ2v) is 4.38. The molecule has 0 aliphatic heterocycles. The van der Waals surface area contributed by atoms with E-state index in [0.717, 1.165) is 0 Å². The summed E-state index contributed by atoms with van der Waals surface area (Å²) in [5.74, 6) is -0.157. The van der Waals surface area contributed by atoms with Crippen LogP contribution in [-0.2, 0) is 16.1 Å². The van der Waals surface area contributed by atoms with Gasteiger partial charge in [0.2, 0.25) is 5.91 Å². The number of likely N-dealkylation sites (N-methyl/N-ethyl adjacent to an activating group) is 1. The van der Waals surface area contributed by atoms with Crippen molar-refractivity contribution < 1.29 is 13.6 Å². The lowest BCUT2D eigenvalue weighted by Crippen LogP contribution is -2.27. The molecule has 0 saturated heterocycles. The van der Waals surface area contributed by atoms with Crippen LogP contribution >= 0.6 is 0 Å². The molecule has 1 aromatic rings. The molecule has 17 heavy (non-hydrogen) atoms. The third kappa shape index (κ3) is 5.43. The normalized spacial score (nSPS) is 12.2. The van der Waals surface area contributed by atoms with Gasteiger partial charge < -0.3 is 19.5 Å². The van der Waals surface area contributed by atoms with Crippen molar-refractivity contribution in [3.8, 4) is 0 Å². The van der Waals surface area contributed by atoms with Gasteiger partial charge in [-0.3, -0.25) is 9.00 Å². The van der Waals surface area contributed by atoms with E-state index in [-0.39, 0.29) is 12.5 Å². The average molecular weight is 256 g/mol. The highest BCUT2D eigenvalue weighted by atomic mass is 32.2. The molecule has 0 aliphatic carbocycles. The average Bonchev–Trinajstić information content (AvgIpc) is 2.14. The van der Waals surface area contributed by atoms with Gasteiger partial charge in [-0.15, -0.1) is 0 Å². The molecule has 1 rings (SSSR count). The van der Waals surface area contributed by atoms with Gasteiger partial charge in [-0.05, 0) is 32.3 Å². The SMILES string of the molecule is CN(C)CC(=O)Nc1cccc(NS(=O)[O-])c1. The third-order valence-corrected chi connectivity index (χ3v) is 2.21. The first-order valence-corrected chi connectivity index (χ1v) is 5.95. The molecule has 1 amide bonds. The summed E-state index contributed by atoms with van der Waals surface area (Å²) < 4.78 is 23.1. The molecule has 0 spiro atoms. The first-order valence-electron chi connectivity index (χ1n) is 4.88. The summed E-state index contributed by atoms with van der Waals surface area (Å²) in [4.78, 5) is 13.2. The highest BCUT2D eigenvalue weighted by Crippen LogP contribution is 2.15. The molecule has 94 valence electrons. The lowest BCUT2D eigenvalue weighted by Gasteiger charge is -2.12. The monoisotopic (exact) mass is 256 g/mol. The summed E-state index contributed by atoms with van der Waals surface area (Å²) in [6.07, 6.45) is 0. The van der Waals surface area contributed by atoms with Crippen molar-refractivity contribution >= 4 is 28.5 Å². The van der Waals surface area contributed by atoms with Crippen molar-refractivity contribution in [2.75, 3.05) is 30.7 Å². The zero-order valence-electron chi connectivity index (χ0n) is 9.60. The van der Waals surface area contributed by atoms with Crippen LogP contribution in [0.2, 0.25) is 0 Å². The maximum absolute atomic E-state index is 11.5. The van der Waals surface area contributed by atoms with Crippen molar-refractivity contribution in [3.63, 3.8) is 0 Å². The molecule has 2 N–H and O–H groups in total. The largest absolute Gasteiger partial charge is 0.755 e. The fourth-order valence-electron chi connectivity index (χ4n) is 1.24. The summed E-state index contributed by atoms with van der Waals surface area (Å²) in [6.45, 7) is 0.269. The number of hydrogen-bond acceptors (Lipinski definition) is 4. The number of nitrogens with zero attached hydrogens (tertiary/aromatic N) is 1. The van der Waals surface area contributed by atoms with E-state index in [4.69, 9.17) is 0 Å². The van der Waals surface area contributed by atoms with Gasteiger partial charge in [0.15, 0.2) is 0 Å². The Balaban J connectivity index is 2.65. The van der Waals surface area contributed by atoms with Gasteiger partial charge in [0.25, 0.3) is 0 Å². The lowest BCUT2D eigenvalue weighted by atomic mass is 10.3. The van der Waals surface area contributed by atoms with E-state index in [9.17, 15) is 13.6 Å². The zero-order valence-corrected chi connectivity index (χ0v) is 10.4. The van der Waals surface area contributed by atoms with Crippen LogP contribution in [0.4, 0.5) is 11.4 Å². The highest BCUT2D eigenvalue weighted by molar-refractivity contribution is 7.80. The molecule has 0 fully saturated rings. The molecule has 6 nitrogen and oxygen atoms in total. The standard InChI is InChI=1S/C10H15N3O3S/c1-13(2)7-10(14)11-8-4-3-5-9(6-8)12-17(15)16/h3-6,12H,7H2,1-2H3,(H,11,14)(H,15,16)/p-1. The lowest BCUT2D eigenvalue weighted by molar-refractivity contribution is -0.116. The van der Waals surface area contributed by atoms with Crippen LogP contribution in [0.5, 0.6) is 0 Å². The zero-order chi connectivity index (χ0) is 12.8. The minimum atomic E-state index is -2.37. The topological polar surface area (TPSA) is 84.5 Å². The van der Waals surface area contributed by atoms with E-state index < -0.39 is 11.3 Å². The molecular weight excluding hydrogens is 242 g/mol. The Hall–Kier alpha value is -1.44. The quantitative estimate of drug-likeness (QED) is 0.746. The van der Waals surface area contributed by atoms with E-state index in [1.807, 2.05) is 0 Å². The van der Waals surface area contributed by atoms with Gasteiger partial charge in [0.05, 0.1) is 6.54 Å². The molecule has 7 heteroatoms. The Bertz CT molecular complexity index is 423. The minimum absolute atomic E-state index is 0.157. The highest BCUT2D eigenvalue weighted by Gasteiger charge is 2.03. The molecule has 0 aliphatic rings. The van der Waals surface area contributed by atoms with Crippen LogP contribution < -0.4 is 10.0 Å². The number of anilines is 2. The summed E-state index contributed by atoms with van der Waals surface area (Å²) in [5.41, 5.74) is 0.952. The second kappa shape index (κ2) is 6.33. The van der Waals surface area contributed by atoms with Crippen LogP contribution in [0, 0.1) is 0 Å². The van der Waals surface area contributed by atoms with Crippen molar-refractivity contribution in [1.29, 1.82) is 0 Å². The van der Waals surface area contributed by atoms with E-state index in [0.29, 0.717) is 11.4 Å². The van der Waals surface area contributed by atoms with Gasteiger partial charge in [-0.2, -0.15) is 0 Å².